The number of nitrogens with zero attached hydrogens (tertiary/aromatic N) is 3. The molecule has 0 radical (unpaired) electrons. The van der Waals surface area contributed by atoms with Crippen molar-refractivity contribution in [3.05, 3.63) is 41.9 Å². The Morgan fingerprint density at radius 3 is 2.33 bits per heavy atom. The molecule has 0 unspecified atom stereocenters. The quantitative estimate of drug-likeness (QED) is 0.593. The summed E-state index contributed by atoms with van der Waals surface area (Å²) < 4.78 is 27.6. The maximum absolute atomic E-state index is 13.1. The van der Waals surface area contributed by atoms with Gasteiger partial charge in [-0.15, -0.1) is 0 Å². The van der Waals surface area contributed by atoms with Gasteiger partial charge in [0.2, 0.25) is 5.75 Å². The van der Waals surface area contributed by atoms with Crippen LogP contribution in [0.1, 0.15) is 16.1 Å². The molecule has 0 aliphatic carbocycles. The van der Waals surface area contributed by atoms with Crippen LogP contribution in [0.3, 0.4) is 0 Å². The topological polar surface area (TPSA) is 76.9 Å². The Bertz CT molecular complexity index is 886. The van der Waals surface area contributed by atoms with Crippen LogP contribution in [0.15, 0.2) is 34.9 Å². The molecule has 4 rings (SSSR count). The molecule has 3 heterocycles. The second-order valence-electron chi connectivity index (χ2n) is 8.31. The number of benzene rings is 1. The van der Waals surface area contributed by atoms with Crippen molar-refractivity contribution in [3.63, 3.8) is 0 Å². The summed E-state index contributed by atoms with van der Waals surface area (Å²) in [5.74, 6) is 2.39. The van der Waals surface area contributed by atoms with E-state index in [1.165, 1.54) is 0 Å². The standard InChI is InChI=1S/C24H33N3O6/c1-29-21-13-18(14-22(30-2)23(21)31-3)24(28)27-8-6-25(7-9-27)16-20-17-26(10-12-33-20)15-19-5-4-11-32-19/h4-5,11,13-14,20H,6-10,12,15-17H2,1-3H3/t20-/m1/s1. The van der Waals surface area contributed by atoms with E-state index in [4.69, 9.17) is 23.4 Å². The molecule has 0 spiro atoms. The Morgan fingerprint density at radius 2 is 1.73 bits per heavy atom. The van der Waals surface area contributed by atoms with Crippen molar-refractivity contribution in [2.45, 2.75) is 12.6 Å². The lowest BCUT2D eigenvalue weighted by atomic mass is 10.1. The number of amides is 1. The van der Waals surface area contributed by atoms with Crippen molar-refractivity contribution in [1.29, 1.82) is 0 Å². The maximum Gasteiger partial charge on any atom is 0.254 e. The predicted molar refractivity (Wildman–Crippen MR) is 122 cm³/mol. The molecule has 0 saturated carbocycles. The highest BCUT2D eigenvalue weighted by molar-refractivity contribution is 5.95. The summed E-state index contributed by atoms with van der Waals surface area (Å²) in [5, 5.41) is 0. The Balaban J connectivity index is 1.30. The molecule has 1 aromatic carbocycles. The average molecular weight is 460 g/mol. The van der Waals surface area contributed by atoms with Crippen LogP contribution in [0.4, 0.5) is 0 Å². The minimum absolute atomic E-state index is 0.0348. The molecule has 2 fully saturated rings. The molecular formula is C24H33N3O6. The van der Waals surface area contributed by atoms with Crippen LogP contribution in [0.5, 0.6) is 17.2 Å². The molecule has 1 amide bonds. The smallest absolute Gasteiger partial charge is 0.254 e. The van der Waals surface area contributed by atoms with Crippen LogP contribution in [-0.2, 0) is 11.3 Å². The van der Waals surface area contributed by atoms with Gasteiger partial charge in [0.05, 0.1) is 46.8 Å². The Morgan fingerprint density at radius 1 is 1.00 bits per heavy atom. The van der Waals surface area contributed by atoms with Gasteiger partial charge in [-0.1, -0.05) is 0 Å². The van der Waals surface area contributed by atoms with Gasteiger partial charge in [-0.25, -0.2) is 0 Å². The fraction of sp³-hybridized carbons (Fsp3) is 0.542. The lowest BCUT2D eigenvalue weighted by molar-refractivity contribution is -0.0510. The van der Waals surface area contributed by atoms with Crippen LogP contribution in [-0.4, -0.2) is 100 Å². The van der Waals surface area contributed by atoms with Crippen molar-refractivity contribution in [3.8, 4) is 17.2 Å². The number of carbonyl (C=O) groups excluding carboxylic acids is 1. The number of furan rings is 1. The van der Waals surface area contributed by atoms with Gasteiger partial charge in [0.15, 0.2) is 11.5 Å². The molecular weight excluding hydrogens is 426 g/mol. The number of methoxy groups -OCH3 is 3. The number of morpholine rings is 1. The highest BCUT2D eigenvalue weighted by Crippen LogP contribution is 2.38. The molecule has 0 N–H and O–H groups in total. The summed E-state index contributed by atoms with van der Waals surface area (Å²) in [6.07, 6.45) is 1.87. The molecule has 1 aromatic heterocycles. The minimum atomic E-state index is -0.0348. The first-order valence-electron chi connectivity index (χ1n) is 11.3. The summed E-state index contributed by atoms with van der Waals surface area (Å²) in [6, 6.07) is 7.35. The normalized spacial score (nSPS) is 20.0. The second-order valence-corrected chi connectivity index (χ2v) is 8.31. The number of hydrogen-bond donors (Lipinski definition) is 0. The molecule has 1 atom stereocenters. The summed E-state index contributed by atoms with van der Waals surface area (Å²) >= 11 is 0. The molecule has 9 nitrogen and oxygen atoms in total. The number of ether oxygens (including phenoxy) is 4. The van der Waals surface area contributed by atoms with E-state index in [1.807, 2.05) is 17.0 Å². The number of rotatable bonds is 8. The summed E-state index contributed by atoms with van der Waals surface area (Å²) in [4.78, 5) is 19.8. The van der Waals surface area contributed by atoms with E-state index in [0.29, 0.717) is 35.9 Å². The zero-order chi connectivity index (χ0) is 23.2. The highest BCUT2D eigenvalue weighted by atomic mass is 16.5. The number of hydrogen-bond acceptors (Lipinski definition) is 8. The van der Waals surface area contributed by atoms with E-state index in [1.54, 1.807) is 39.7 Å². The monoisotopic (exact) mass is 459 g/mol. The fourth-order valence-electron chi connectivity index (χ4n) is 4.47. The van der Waals surface area contributed by atoms with Gasteiger partial charge < -0.3 is 28.3 Å². The van der Waals surface area contributed by atoms with Crippen molar-refractivity contribution < 1.29 is 28.2 Å². The maximum atomic E-state index is 13.1. The SMILES string of the molecule is COc1cc(C(=O)N2CCN(C[C@@H]3CN(Cc4ccco4)CCO3)CC2)cc(OC)c1OC. The van der Waals surface area contributed by atoms with E-state index in [2.05, 4.69) is 9.80 Å². The predicted octanol–water partition coefficient (Wildman–Crippen LogP) is 1.96. The molecule has 9 heteroatoms. The van der Waals surface area contributed by atoms with Crippen molar-refractivity contribution in [2.24, 2.45) is 0 Å². The van der Waals surface area contributed by atoms with Gasteiger partial charge in [0, 0.05) is 51.4 Å². The van der Waals surface area contributed by atoms with Gasteiger partial charge in [-0.05, 0) is 24.3 Å². The first-order chi connectivity index (χ1) is 16.1. The highest BCUT2D eigenvalue weighted by Gasteiger charge is 2.28. The summed E-state index contributed by atoms with van der Waals surface area (Å²) in [5.41, 5.74) is 0.530. The van der Waals surface area contributed by atoms with Crippen LogP contribution in [0.25, 0.3) is 0 Å². The molecule has 180 valence electrons. The van der Waals surface area contributed by atoms with Crippen LogP contribution in [0, 0.1) is 0 Å². The first kappa shape index (κ1) is 23.4. The zero-order valence-corrected chi connectivity index (χ0v) is 19.6. The third-order valence-corrected chi connectivity index (χ3v) is 6.22. The van der Waals surface area contributed by atoms with Gasteiger partial charge >= 0.3 is 0 Å². The fourth-order valence-corrected chi connectivity index (χ4v) is 4.47. The molecule has 2 aliphatic heterocycles. The third-order valence-electron chi connectivity index (χ3n) is 6.22. The Hall–Kier alpha value is -2.75. The first-order valence-corrected chi connectivity index (χ1v) is 11.3. The lowest BCUT2D eigenvalue weighted by Gasteiger charge is -2.39. The van der Waals surface area contributed by atoms with Crippen LogP contribution in [0.2, 0.25) is 0 Å². The largest absolute Gasteiger partial charge is 0.493 e. The van der Waals surface area contributed by atoms with Gasteiger partial charge in [-0.3, -0.25) is 14.6 Å². The summed E-state index contributed by atoms with van der Waals surface area (Å²) in [6.45, 7) is 7.15. The molecule has 2 aromatic rings. The van der Waals surface area contributed by atoms with E-state index < -0.39 is 0 Å². The van der Waals surface area contributed by atoms with Gasteiger partial charge in [-0.2, -0.15) is 0 Å². The van der Waals surface area contributed by atoms with E-state index in [-0.39, 0.29) is 12.0 Å². The average Bonchev–Trinajstić information content (AvgIpc) is 3.36. The van der Waals surface area contributed by atoms with Gasteiger partial charge in [0.25, 0.3) is 5.91 Å². The van der Waals surface area contributed by atoms with E-state index in [9.17, 15) is 4.79 Å². The molecule has 33 heavy (non-hydrogen) atoms. The summed E-state index contributed by atoms with van der Waals surface area (Å²) in [7, 11) is 4.65. The zero-order valence-electron chi connectivity index (χ0n) is 19.6. The number of carbonyl (C=O) groups is 1. The van der Waals surface area contributed by atoms with Crippen LogP contribution >= 0.6 is 0 Å². The van der Waals surface area contributed by atoms with Crippen molar-refractivity contribution in [1.82, 2.24) is 14.7 Å². The van der Waals surface area contributed by atoms with Crippen molar-refractivity contribution in [2.75, 3.05) is 73.7 Å². The minimum Gasteiger partial charge on any atom is -0.493 e. The second kappa shape index (κ2) is 10.9. The Kier molecular flexibility index (Phi) is 7.74. The molecule has 2 saturated heterocycles. The Labute approximate surface area is 194 Å². The van der Waals surface area contributed by atoms with E-state index in [0.717, 1.165) is 51.6 Å². The van der Waals surface area contributed by atoms with Crippen molar-refractivity contribution >= 4 is 5.91 Å². The van der Waals surface area contributed by atoms with Gasteiger partial charge in [0.1, 0.15) is 5.76 Å². The number of piperazine rings is 1. The lowest BCUT2D eigenvalue weighted by Crippen LogP contribution is -2.53. The molecule has 0 bridgehead atoms. The third kappa shape index (κ3) is 5.61. The van der Waals surface area contributed by atoms with Crippen LogP contribution < -0.4 is 14.2 Å². The molecule has 2 aliphatic rings. The van der Waals surface area contributed by atoms with E-state index >= 15 is 0 Å².